The van der Waals surface area contributed by atoms with E-state index in [2.05, 4.69) is 38.2 Å². The lowest BCUT2D eigenvalue weighted by molar-refractivity contribution is 0.610. The maximum absolute atomic E-state index is 5.67. The van der Waals surface area contributed by atoms with Crippen molar-refractivity contribution in [3.05, 3.63) is 30.7 Å². The van der Waals surface area contributed by atoms with Crippen LogP contribution >= 0.6 is 12.6 Å². The van der Waals surface area contributed by atoms with E-state index in [-0.39, 0.29) is 0 Å². The Kier molecular flexibility index (Phi) is 3.29. The second kappa shape index (κ2) is 5.31. The average Bonchev–Trinajstić information content (AvgIpc) is 3.24. The number of rotatable bonds is 4. The smallest absolute Gasteiger partial charge is 0.222 e. The van der Waals surface area contributed by atoms with E-state index in [4.69, 9.17) is 5.73 Å². The lowest BCUT2D eigenvalue weighted by Gasteiger charge is -2.19. The lowest BCUT2D eigenvalue weighted by Crippen LogP contribution is -2.26. The fourth-order valence-corrected chi connectivity index (χ4v) is 3.47. The Morgan fingerprint density at radius 2 is 1.68 bits per heavy atom. The summed E-state index contributed by atoms with van der Waals surface area (Å²) in [5.74, 6) is 2.98. The molecule has 7 heteroatoms. The number of nitrogens with two attached hydrogens (primary N) is 1. The highest BCUT2D eigenvalue weighted by Crippen LogP contribution is 2.53. The third-order valence-electron chi connectivity index (χ3n) is 4.51. The van der Waals surface area contributed by atoms with Gasteiger partial charge in [-0.3, -0.25) is 0 Å². The second-order valence-electron chi connectivity index (χ2n) is 6.04. The molecule has 2 fully saturated rings. The standard InChI is InChI=1S/C15H18N6S/c16-8-1-2-14(17-5-8)20-12-4-13(11-3-10(11)12)21-15-18-6-9(22)7-19-15/h1-2,5-7,10-13,22H,3-4,16H2,(H,17,20)(H,18,19,21)/t10-,11+,12+,13+/m0/s1. The van der Waals surface area contributed by atoms with E-state index < -0.39 is 0 Å². The molecule has 0 aromatic carbocycles. The van der Waals surface area contributed by atoms with Crippen LogP contribution in [0.4, 0.5) is 17.5 Å². The first kappa shape index (κ1) is 13.6. The molecule has 2 aliphatic rings. The van der Waals surface area contributed by atoms with Gasteiger partial charge in [-0.05, 0) is 36.8 Å². The van der Waals surface area contributed by atoms with Gasteiger partial charge in [-0.15, -0.1) is 12.6 Å². The van der Waals surface area contributed by atoms with Crippen LogP contribution in [0.25, 0.3) is 0 Å². The fourth-order valence-electron chi connectivity index (χ4n) is 3.36. The summed E-state index contributed by atoms with van der Waals surface area (Å²) in [6.07, 6.45) is 7.41. The first-order chi connectivity index (χ1) is 10.7. The first-order valence-corrected chi connectivity index (χ1v) is 7.89. The van der Waals surface area contributed by atoms with E-state index in [0.717, 1.165) is 17.1 Å². The molecule has 4 N–H and O–H groups in total. The van der Waals surface area contributed by atoms with E-state index >= 15 is 0 Å². The molecule has 4 atom stereocenters. The van der Waals surface area contributed by atoms with Crippen molar-refractivity contribution in [3.63, 3.8) is 0 Å². The van der Waals surface area contributed by atoms with E-state index in [1.165, 1.54) is 6.42 Å². The molecule has 2 aliphatic carbocycles. The number of pyridine rings is 1. The minimum absolute atomic E-state index is 0.419. The Hall–Kier alpha value is -2.02. The second-order valence-corrected chi connectivity index (χ2v) is 6.56. The molecule has 114 valence electrons. The third kappa shape index (κ3) is 2.68. The van der Waals surface area contributed by atoms with E-state index in [9.17, 15) is 0 Å². The molecule has 2 heterocycles. The predicted molar refractivity (Wildman–Crippen MR) is 89.0 cm³/mol. The summed E-state index contributed by atoms with van der Waals surface area (Å²) in [7, 11) is 0. The Morgan fingerprint density at radius 3 is 2.36 bits per heavy atom. The van der Waals surface area contributed by atoms with Gasteiger partial charge in [0.2, 0.25) is 5.95 Å². The molecular formula is C15H18N6S. The van der Waals surface area contributed by atoms with Gasteiger partial charge in [0.25, 0.3) is 0 Å². The van der Waals surface area contributed by atoms with Crippen molar-refractivity contribution in [1.82, 2.24) is 15.0 Å². The summed E-state index contributed by atoms with van der Waals surface area (Å²) in [5, 5.41) is 6.97. The van der Waals surface area contributed by atoms with Crippen molar-refractivity contribution in [3.8, 4) is 0 Å². The van der Waals surface area contributed by atoms with Gasteiger partial charge in [0.1, 0.15) is 5.82 Å². The number of fused-ring (bicyclic) bond motifs is 1. The topological polar surface area (TPSA) is 88.8 Å². The lowest BCUT2D eigenvalue weighted by atomic mass is 10.1. The zero-order valence-electron chi connectivity index (χ0n) is 12.0. The number of aromatic nitrogens is 3. The maximum Gasteiger partial charge on any atom is 0.222 e. The highest BCUT2D eigenvalue weighted by atomic mass is 32.1. The summed E-state index contributed by atoms with van der Waals surface area (Å²) < 4.78 is 0. The number of hydrogen-bond acceptors (Lipinski definition) is 7. The number of anilines is 3. The number of nitrogens with zero attached hydrogens (tertiary/aromatic N) is 3. The fraction of sp³-hybridized carbons (Fsp3) is 0.400. The minimum atomic E-state index is 0.419. The van der Waals surface area contributed by atoms with Crippen LogP contribution in [0.5, 0.6) is 0 Å². The van der Waals surface area contributed by atoms with Gasteiger partial charge in [-0.1, -0.05) is 0 Å². The number of nitrogen functional groups attached to an aromatic ring is 1. The Labute approximate surface area is 134 Å². The normalized spacial score (nSPS) is 29.0. The van der Waals surface area contributed by atoms with Gasteiger partial charge in [0.05, 0.1) is 11.9 Å². The summed E-state index contributed by atoms with van der Waals surface area (Å²) in [6, 6.07) is 4.67. The van der Waals surface area contributed by atoms with Crippen LogP contribution in [0.2, 0.25) is 0 Å². The molecule has 22 heavy (non-hydrogen) atoms. The SMILES string of the molecule is Nc1ccc(N[C@@H]2C[C@@H](Nc3ncc(S)cn3)[C@@H]3C[C@@H]32)nc1. The summed E-state index contributed by atoms with van der Waals surface area (Å²) >= 11 is 4.20. The van der Waals surface area contributed by atoms with Gasteiger partial charge in [0, 0.05) is 29.4 Å². The first-order valence-electron chi connectivity index (χ1n) is 7.44. The summed E-state index contributed by atoms with van der Waals surface area (Å²) in [4.78, 5) is 13.6. The molecule has 6 nitrogen and oxygen atoms in total. The highest BCUT2D eigenvalue weighted by Gasteiger charge is 2.54. The number of hydrogen-bond donors (Lipinski definition) is 4. The highest BCUT2D eigenvalue weighted by molar-refractivity contribution is 7.80. The van der Waals surface area contributed by atoms with Crippen LogP contribution in [0.1, 0.15) is 12.8 Å². The van der Waals surface area contributed by atoms with Crippen molar-refractivity contribution < 1.29 is 0 Å². The Bertz CT molecular complexity index is 601. The zero-order chi connectivity index (χ0) is 15.1. The van der Waals surface area contributed by atoms with Crippen LogP contribution in [0.15, 0.2) is 35.6 Å². The van der Waals surface area contributed by atoms with Crippen molar-refractivity contribution in [2.75, 3.05) is 16.4 Å². The van der Waals surface area contributed by atoms with E-state index in [1.807, 2.05) is 12.1 Å². The van der Waals surface area contributed by atoms with Crippen molar-refractivity contribution in [1.29, 1.82) is 0 Å². The van der Waals surface area contributed by atoms with Crippen LogP contribution in [0.3, 0.4) is 0 Å². The van der Waals surface area contributed by atoms with Crippen molar-refractivity contribution in [2.24, 2.45) is 11.8 Å². The molecule has 0 aliphatic heterocycles. The van der Waals surface area contributed by atoms with Crippen LogP contribution in [-0.2, 0) is 0 Å². The summed E-state index contributed by atoms with van der Waals surface area (Å²) in [5.41, 5.74) is 6.36. The molecular weight excluding hydrogens is 296 g/mol. The zero-order valence-corrected chi connectivity index (χ0v) is 12.9. The van der Waals surface area contributed by atoms with Crippen molar-refractivity contribution >= 4 is 30.1 Å². The molecule has 0 unspecified atom stereocenters. The number of thiol groups is 1. The number of nitrogens with one attached hydrogen (secondary N) is 2. The van der Waals surface area contributed by atoms with Crippen molar-refractivity contribution in [2.45, 2.75) is 29.8 Å². The quantitative estimate of drug-likeness (QED) is 0.646. The maximum atomic E-state index is 5.67. The van der Waals surface area contributed by atoms with Crippen LogP contribution in [-0.4, -0.2) is 27.0 Å². The molecule has 0 bridgehead atoms. The largest absolute Gasteiger partial charge is 0.397 e. The Balaban J connectivity index is 1.39. The van der Waals surface area contributed by atoms with Gasteiger partial charge < -0.3 is 16.4 Å². The van der Waals surface area contributed by atoms with Crippen LogP contribution in [0, 0.1) is 11.8 Å². The molecule has 0 radical (unpaired) electrons. The third-order valence-corrected chi connectivity index (χ3v) is 4.74. The average molecular weight is 314 g/mol. The molecule has 4 rings (SSSR count). The molecule has 2 aromatic heterocycles. The minimum Gasteiger partial charge on any atom is -0.397 e. The van der Waals surface area contributed by atoms with Gasteiger partial charge in [-0.25, -0.2) is 15.0 Å². The van der Waals surface area contributed by atoms with E-state index in [1.54, 1.807) is 18.6 Å². The van der Waals surface area contributed by atoms with Gasteiger partial charge in [0.15, 0.2) is 0 Å². The van der Waals surface area contributed by atoms with Gasteiger partial charge in [-0.2, -0.15) is 0 Å². The summed E-state index contributed by atoms with van der Waals surface area (Å²) in [6.45, 7) is 0. The van der Waals surface area contributed by atoms with Crippen LogP contribution < -0.4 is 16.4 Å². The van der Waals surface area contributed by atoms with Gasteiger partial charge >= 0.3 is 0 Å². The molecule has 0 amide bonds. The van der Waals surface area contributed by atoms with E-state index in [0.29, 0.717) is 35.6 Å². The molecule has 2 saturated carbocycles. The monoisotopic (exact) mass is 314 g/mol. The molecule has 2 aromatic rings. The molecule has 0 saturated heterocycles. The molecule has 0 spiro atoms. The predicted octanol–water partition coefficient (Wildman–Crippen LogP) is 2.04. The Morgan fingerprint density at radius 1 is 0.955 bits per heavy atom.